The Balaban J connectivity index is 0. The summed E-state index contributed by atoms with van der Waals surface area (Å²) in [6.07, 6.45) is 1.31. The molecule has 1 amide bonds. The monoisotopic (exact) mass is 252 g/mol. The summed E-state index contributed by atoms with van der Waals surface area (Å²) in [5.41, 5.74) is 0. The third-order valence-electron chi connectivity index (χ3n) is 1.83. The fourth-order valence-corrected chi connectivity index (χ4v) is 1.19. The molecule has 6 heteroatoms. The van der Waals surface area contributed by atoms with Crippen molar-refractivity contribution in [3.05, 3.63) is 0 Å². The molecule has 0 aliphatic rings. The molecule has 0 saturated heterocycles. The molecule has 5 nitrogen and oxygen atoms in total. The second-order valence-corrected chi connectivity index (χ2v) is 3.78. The van der Waals surface area contributed by atoms with E-state index in [-0.39, 0.29) is 30.9 Å². The number of halogens is 1. The number of nitrogens with one attached hydrogen (secondary N) is 2. The molecule has 0 aliphatic carbocycles. The van der Waals surface area contributed by atoms with E-state index in [1.807, 2.05) is 20.8 Å². The molecule has 0 rings (SSSR count). The molecule has 0 aromatic rings. The Labute approximate surface area is 102 Å². The first kappa shape index (κ1) is 17.6. The van der Waals surface area contributed by atoms with Crippen molar-refractivity contribution in [1.82, 2.24) is 10.6 Å². The Morgan fingerprint density at radius 3 is 2.25 bits per heavy atom. The van der Waals surface area contributed by atoms with Crippen LogP contribution >= 0.6 is 12.4 Å². The molecular formula is C10H21ClN2O3. The Morgan fingerprint density at radius 2 is 1.88 bits per heavy atom. The number of hydrogen-bond acceptors (Lipinski definition) is 3. The Bertz CT molecular complexity index is 222. The Morgan fingerprint density at radius 1 is 1.31 bits per heavy atom. The molecule has 0 bridgehead atoms. The van der Waals surface area contributed by atoms with Crippen molar-refractivity contribution in [3.63, 3.8) is 0 Å². The summed E-state index contributed by atoms with van der Waals surface area (Å²) in [6, 6.07) is -0.554. The lowest BCUT2D eigenvalue weighted by atomic mass is 10.2. The SMILES string of the molecule is CCCC(NCC(=O)NC(C)C)C(=O)O.Cl. The normalized spacial score (nSPS) is 11.8. The highest BCUT2D eigenvalue weighted by Gasteiger charge is 2.16. The maximum Gasteiger partial charge on any atom is 0.320 e. The first-order chi connectivity index (χ1) is 6.97. The Hall–Kier alpha value is -0.810. The van der Waals surface area contributed by atoms with Gasteiger partial charge in [-0.3, -0.25) is 14.9 Å². The van der Waals surface area contributed by atoms with E-state index in [9.17, 15) is 9.59 Å². The third-order valence-corrected chi connectivity index (χ3v) is 1.83. The van der Waals surface area contributed by atoms with Crippen LogP contribution < -0.4 is 10.6 Å². The minimum Gasteiger partial charge on any atom is -0.480 e. The third kappa shape index (κ3) is 8.49. The molecule has 0 radical (unpaired) electrons. The van der Waals surface area contributed by atoms with Crippen molar-refractivity contribution in [2.75, 3.05) is 6.54 Å². The fraction of sp³-hybridized carbons (Fsp3) is 0.800. The minimum atomic E-state index is -0.908. The molecule has 0 saturated carbocycles. The highest BCUT2D eigenvalue weighted by molar-refractivity contribution is 5.85. The summed E-state index contributed by atoms with van der Waals surface area (Å²) in [6.45, 7) is 5.68. The maximum absolute atomic E-state index is 11.2. The van der Waals surface area contributed by atoms with Crippen molar-refractivity contribution in [3.8, 4) is 0 Å². The molecule has 0 aliphatic heterocycles. The standard InChI is InChI=1S/C10H20N2O3.ClH/c1-4-5-8(10(14)15)11-6-9(13)12-7(2)3;/h7-8,11H,4-6H2,1-3H3,(H,12,13)(H,14,15);1H. The van der Waals surface area contributed by atoms with E-state index in [1.165, 1.54) is 0 Å². The first-order valence-corrected chi connectivity index (χ1v) is 5.23. The molecule has 96 valence electrons. The number of hydrogen-bond donors (Lipinski definition) is 3. The van der Waals surface area contributed by atoms with Crippen LogP contribution in [0.2, 0.25) is 0 Å². The van der Waals surface area contributed by atoms with Crippen LogP contribution in [0.15, 0.2) is 0 Å². The van der Waals surface area contributed by atoms with E-state index < -0.39 is 12.0 Å². The highest BCUT2D eigenvalue weighted by Crippen LogP contribution is 1.95. The number of carbonyl (C=O) groups is 2. The molecule has 0 fully saturated rings. The van der Waals surface area contributed by atoms with Crippen LogP contribution in [0.1, 0.15) is 33.6 Å². The van der Waals surface area contributed by atoms with Crippen molar-refractivity contribution in [1.29, 1.82) is 0 Å². The van der Waals surface area contributed by atoms with Crippen LogP contribution in [-0.2, 0) is 9.59 Å². The molecule has 16 heavy (non-hydrogen) atoms. The van der Waals surface area contributed by atoms with Gasteiger partial charge in [-0.25, -0.2) is 0 Å². The largest absolute Gasteiger partial charge is 0.480 e. The molecule has 0 spiro atoms. The van der Waals surface area contributed by atoms with E-state index in [4.69, 9.17) is 5.11 Å². The van der Waals surface area contributed by atoms with Crippen LogP contribution in [0.5, 0.6) is 0 Å². The van der Waals surface area contributed by atoms with Crippen LogP contribution in [0, 0.1) is 0 Å². The Kier molecular flexibility index (Phi) is 10.3. The van der Waals surface area contributed by atoms with Gasteiger partial charge in [0.15, 0.2) is 0 Å². The van der Waals surface area contributed by atoms with E-state index in [0.717, 1.165) is 6.42 Å². The number of aliphatic carboxylic acids is 1. The second kappa shape index (κ2) is 9.42. The van der Waals surface area contributed by atoms with E-state index in [0.29, 0.717) is 6.42 Å². The van der Waals surface area contributed by atoms with Crippen LogP contribution in [-0.4, -0.2) is 35.6 Å². The molecular weight excluding hydrogens is 232 g/mol. The van der Waals surface area contributed by atoms with Crippen LogP contribution in [0.3, 0.4) is 0 Å². The highest BCUT2D eigenvalue weighted by atomic mass is 35.5. The van der Waals surface area contributed by atoms with Gasteiger partial charge in [-0.15, -0.1) is 12.4 Å². The van der Waals surface area contributed by atoms with Gasteiger partial charge in [0.2, 0.25) is 5.91 Å². The van der Waals surface area contributed by atoms with Crippen molar-refractivity contribution < 1.29 is 14.7 Å². The molecule has 0 heterocycles. The van der Waals surface area contributed by atoms with Gasteiger partial charge in [-0.2, -0.15) is 0 Å². The summed E-state index contributed by atoms with van der Waals surface area (Å²) < 4.78 is 0. The zero-order valence-corrected chi connectivity index (χ0v) is 10.8. The lowest BCUT2D eigenvalue weighted by Gasteiger charge is -2.14. The number of carboxylic acids is 1. The summed E-state index contributed by atoms with van der Waals surface area (Å²) in [7, 11) is 0. The molecule has 3 N–H and O–H groups in total. The predicted molar refractivity (Wildman–Crippen MR) is 64.9 cm³/mol. The van der Waals surface area contributed by atoms with Crippen molar-refractivity contribution in [2.24, 2.45) is 0 Å². The molecule has 0 aromatic carbocycles. The number of carboxylic acid groups (broad SMARTS) is 1. The molecule has 1 unspecified atom stereocenters. The van der Waals surface area contributed by atoms with E-state index >= 15 is 0 Å². The van der Waals surface area contributed by atoms with E-state index in [1.54, 1.807) is 0 Å². The lowest BCUT2D eigenvalue weighted by molar-refractivity contribution is -0.139. The smallest absolute Gasteiger partial charge is 0.320 e. The van der Waals surface area contributed by atoms with Gasteiger partial charge in [0.25, 0.3) is 0 Å². The maximum atomic E-state index is 11.2. The quantitative estimate of drug-likeness (QED) is 0.626. The van der Waals surface area contributed by atoms with Gasteiger partial charge in [0.05, 0.1) is 6.54 Å². The van der Waals surface area contributed by atoms with Gasteiger partial charge >= 0.3 is 5.97 Å². The second-order valence-electron chi connectivity index (χ2n) is 3.78. The van der Waals surface area contributed by atoms with Gasteiger partial charge in [0, 0.05) is 6.04 Å². The summed E-state index contributed by atoms with van der Waals surface area (Å²) in [5, 5.41) is 14.2. The summed E-state index contributed by atoms with van der Waals surface area (Å²) in [5.74, 6) is -1.08. The van der Waals surface area contributed by atoms with E-state index in [2.05, 4.69) is 10.6 Å². The van der Waals surface area contributed by atoms with Crippen molar-refractivity contribution >= 4 is 24.3 Å². The topological polar surface area (TPSA) is 78.4 Å². The van der Waals surface area contributed by atoms with Gasteiger partial charge in [-0.1, -0.05) is 13.3 Å². The first-order valence-electron chi connectivity index (χ1n) is 5.23. The molecule has 0 aromatic heterocycles. The fourth-order valence-electron chi connectivity index (χ4n) is 1.19. The molecule has 1 atom stereocenters. The zero-order valence-electron chi connectivity index (χ0n) is 9.95. The average molecular weight is 253 g/mol. The predicted octanol–water partition coefficient (Wildman–Crippen LogP) is 0.776. The van der Waals surface area contributed by atoms with Crippen LogP contribution in [0.25, 0.3) is 0 Å². The van der Waals surface area contributed by atoms with Gasteiger partial charge in [0.1, 0.15) is 6.04 Å². The number of rotatable bonds is 7. The van der Waals surface area contributed by atoms with Gasteiger partial charge in [-0.05, 0) is 20.3 Å². The summed E-state index contributed by atoms with van der Waals surface area (Å²) >= 11 is 0. The van der Waals surface area contributed by atoms with Gasteiger partial charge < -0.3 is 10.4 Å². The summed E-state index contributed by atoms with van der Waals surface area (Å²) in [4.78, 5) is 21.9. The number of carbonyl (C=O) groups excluding carboxylic acids is 1. The zero-order chi connectivity index (χ0) is 11.8. The lowest BCUT2D eigenvalue weighted by Crippen LogP contribution is -2.44. The number of amides is 1. The van der Waals surface area contributed by atoms with Crippen LogP contribution in [0.4, 0.5) is 0 Å². The minimum absolute atomic E-state index is 0. The average Bonchev–Trinajstić information content (AvgIpc) is 2.10. The van der Waals surface area contributed by atoms with Crippen molar-refractivity contribution in [2.45, 2.75) is 45.7 Å².